The maximum atomic E-state index is 13.7. The SMILES string of the molecule is COC[C@@H]1CCCN1C(=O)Nc1cccc(Cl)c1F. The van der Waals surface area contributed by atoms with Crippen LogP contribution in [0.15, 0.2) is 18.2 Å². The molecule has 1 aliphatic heterocycles. The van der Waals surface area contributed by atoms with Gasteiger partial charge in [0.05, 0.1) is 23.4 Å². The van der Waals surface area contributed by atoms with E-state index in [9.17, 15) is 9.18 Å². The lowest BCUT2D eigenvalue weighted by Crippen LogP contribution is -2.41. The number of likely N-dealkylation sites (tertiary alicyclic amines) is 1. The molecule has 1 aliphatic rings. The van der Waals surface area contributed by atoms with Gasteiger partial charge in [0.1, 0.15) is 0 Å². The molecule has 6 heteroatoms. The summed E-state index contributed by atoms with van der Waals surface area (Å²) in [6.07, 6.45) is 1.83. The Kier molecular flexibility index (Phi) is 4.61. The van der Waals surface area contributed by atoms with Crippen molar-refractivity contribution in [1.82, 2.24) is 4.90 Å². The number of urea groups is 1. The molecule has 1 heterocycles. The predicted octanol–water partition coefficient (Wildman–Crippen LogP) is 3.12. The van der Waals surface area contributed by atoms with Crippen LogP contribution >= 0.6 is 11.6 Å². The fraction of sp³-hybridized carbons (Fsp3) is 0.462. The number of halogens is 2. The third-order valence-corrected chi connectivity index (χ3v) is 3.48. The third-order valence-electron chi connectivity index (χ3n) is 3.19. The first-order valence-electron chi connectivity index (χ1n) is 6.14. The highest BCUT2D eigenvalue weighted by Crippen LogP contribution is 2.24. The zero-order valence-corrected chi connectivity index (χ0v) is 11.4. The topological polar surface area (TPSA) is 41.6 Å². The highest BCUT2D eigenvalue weighted by Gasteiger charge is 2.29. The number of hydrogen-bond acceptors (Lipinski definition) is 2. The lowest BCUT2D eigenvalue weighted by atomic mass is 10.2. The van der Waals surface area contributed by atoms with E-state index in [0.717, 1.165) is 12.8 Å². The van der Waals surface area contributed by atoms with Gasteiger partial charge in [-0.2, -0.15) is 0 Å². The molecule has 104 valence electrons. The van der Waals surface area contributed by atoms with Crippen LogP contribution < -0.4 is 5.32 Å². The number of nitrogens with zero attached hydrogens (tertiary/aromatic N) is 1. The van der Waals surface area contributed by atoms with E-state index >= 15 is 0 Å². The molecular formula is C13H16ClFN2O2. The van der Waals surface area contributed by atoms with Crippen LogP contribution in [0.3, 0.4) is 0 Å². The van der Waals surface area contributed by atoms with Crippen LogP contribution in [-0.4, -0.2) is 37.2 Å². The number of benzene rings is 1. The molecule has 1 aromatic carbocycles. The van der Waals surface area contributed by atoms with Crippen molar-refractivity contribution < 1.29 is 13.9 Å². The lowest BCUT2D eigenvalue weighted by Gasteiger charge is -2.24. The molecular weight excluding hydrogens is 271 g/mol. The Balaban J connectivity index is 2.06. The molecule has 1 aromatic rings. The van der Waals surface area contributed by atoms with Crippen LogP contribution in [0.2, 0.25) is 5.02 Å². The largest absolute Gasteiger partial charge is 0.383 e. The fourth-order valence-electron chi connectivity index (χ4n) is 2.26. The second-order valence-corrected chi connectivity index (χ2v) is 4.88. The Labute approximate surface area is 116 Å². The first-order chi connectivity index (χ1) is 9.13. The normalized spacial score (nSPS) is 18.7. The summed E-state index contributed by atoms with van der Waals surface area (Å²) >= 11 is 5.68. The highest BCUT2D eigenvalue weighted by molar-refractivity contribution is 6.31. The van der Waals surface area contributed by atoms with E-state index in [2.05, 4.69) is 5.32 Å². The molecule has 0 aromatic heterocycles. The number of nitrogens with one attached hydrogen (secondary N) is 1. The van der Waals surface area contributed by atoms with Crippen molar-refractivity contribution in [1.29, 1.82) is 0 Å². The fourth-order valence-corrected chi connectivity index (χ4v) is 2.43. The zero-order chi connectivity index (χ0) is 13.8. The molecule has 1 atom stereocenters. The van der Waals surface area contributed by atoms with Gasteiger partial charge in [-0.1, -0.05) is 17.7 Å². The van der Waals surface area contributed by atoms with E-state index in [1.165, 1.54) is 12.1 Å². The maximum Gasteiger partial charge on any atom is 0.322 e. The van der Waals surface area contributed by atoms with Crippen LogP contribution in [0.4, 0.5) is 14.9 Å². The first kappa shape index (κ1) is 14.1. The summed E-state index contributed by atoms with van der Waals surface area (Å²) in [5.74, 6) is -0.611. The Morgan fingerprint density at radius 1 is 1.63 bits per heavy atom. The lowest BCUT2D eigenvalue weighted by molar-refractivity contribution is 0.128. The molecule has 4 nitrogen and oxygen atoms in total. The van der Waals surface area contributed by atoms with Gasteiger partial charge in [-0.3, -0.25) is 0 Å². The van der Waals surface area contributed by atoms with Crippen LogP contribution in [-0.2, 0) is 4.74 Å². The number of ether oxygens (including phenoxy) is 1. The monoisotopic (exact) mass is 286 g/mol. The summed E-state index contributed by atoms with van der Waals surface area (Å²) in [7, 11) is 1.60. The van der Waals surface area contributed by atoms with E-state index in [4.69, 9.17) is 16.3 Å². The van der Waals surface area contributed by atoms with Crippen LogP contribution in [0.25, 0.3) is 0 Å². The molecule has 2 amide bonds. The second kappa shape index (κ2) is 6.21. The minimum atomic E-state index is -0.611. The van der Waals surface area contributed by atoms with E-state index in [1.807, 2.05) is 0 Å². The van der Waals surface area contributed by atoms with E-state index in [-0.39, 0.29) is 22.8 Å². The highest BCUT2D eigenvalue weighted by atomic mass is 35.5. The van der Waals surface area contributed by atoms with Gasteiger partial charge in [0.25, 0.3) is 0 Å². The first-order valence-corrected chi connectivity index (χ1v) is 6.52. The van der Waals surface area contributed by atoms with Gasteiger partial charge in [-0.15, -0.1) is 0 Å². The van der Waals surface area contributed by atoms with Crippen molar-refractivity contribution >= 4 is 23.3 Å². The van der Waals surface area contributed by atoms with E-state index in [0.29, 0.717) is 13.2 Å². The molecule has 0 aliphatic carbocycles. The average Bonchev–Trinajstić information content (AvgIpc) is 2.84. The Bertz CT molecular complexity index is 470. The van der Waals surface area contributed by atoms with Gasteiger partial charge < -0.3 is 15.0 Å². The molecule has 19 heavy (non-hydrogen) atoms. The molecule has 2 rings (SSSR count). The van der Waals surface area contributed by atoms with Crippen molar-refractivity contribution in [2.24, 2.45) is 0 Å². The van der Waals surface area contributed by atoms with Gasteiger partial charge in [0.2, 0.25) is 0 Å². The van der Waals surface area contributed by atoms with E-state index < -0.39 is 5.82 Å². The minimum Gasteiger partial charge on any atom is -0.383 e. The summed E-state index contributed by atoms with van der Waals surface area (Å²) in [6.45, 7) is 1.15. The number of hydrogen-bond donors (Lipinski definition) is 1. The number of carbonyl (C=O) groups excluding carboxylic acids is 1. The van der Waals surface area contributed by atoms with E-state index in [1.54, 1.807) is 18.1 Å². The molecule has 0 radical (unpaired) electrons. The maximum absolute atomic E-state index is 13.7. The van der Waals surface area contributed by atoms with Gasteiger partial charge in [0, 0.05) is 13.7 Å². The number of rotatable bonds is 3. The molecule has 0 saturated carbocycles. The Morgan fingerprint density at radius 3 is 3.16 bits per heavy atom. The second-order valence-electron chi connectivity index (χ2n) is 4.48. The van der Waals surface area contributed by atoms with Gasteiger partial charge in [-0.25, -0.2) is 9.18 Å². The standard InChI is InChI=1S/C13H16ClFN2O2/c1-19-8-9-4-3-7-17(9)13(18)16-11-6-2-5-10(14)12(11)15/h2,5-6,9H,3-4,7-8H2,1H3,(H,16,18)/t9-/m0/s1. The summed E-state index contributed by atoms with van der Waals surface area (Å²) in [5.41, 5.74) is 0.0977. The van der Waals surface area contributed by atoms with Gasteiger partial charge >= 0.3 is 6.03 Å². The smallest absolute Gasteiger partial charge is 0.322 e. The summed E-state index contributed by atoms with van der Waals surface area (Å²) < 4.78 is 18.8. The number of amides is 2. The van der Waals surface area contributed by atoms with Crippen molar-refractivity contribution in [3.63, 3.8) is 0 Å². The molecule has 1 fully saturated rings. The Morgan fingerprint density at radius 2 is 2.42 bits per heavy atom. The zero-order valence-electron chi connectivity index (χ0n) is 10.7. The number of methoxy groups -OCH3 is 1. The average molecular weight is 287 g/mol. The van der Waals surface area contributed by atoms with Crippen molar-refractivity contribution in [2.45, 2.75) is 18.9 Å². The molecule has 1 saturated heterocycles. The quantitative estimate of drug-likeness (QED) is 0.927. The van der Waals surface area contributed by atoms with Gasteiger partial charge in [-0.05, 0) is 25.0 Å². The minimum absolute atomic E-state index is 0.00679. The summed E-state index contributed by atoms with van der Waals surface area (Å²) in [4.78, 5) is 13.8. The molecule has 0 bridgehead atoms. The van der Waals surface area contributed by atoms with Crippen LogP contribution in [0.1, 0.15) is 12.8 Å². The predicted molar refractivity (Wildman–Crippen MR) is 72.0 cm³/mol. The Hall–Kier alpha value is -1.33. The van der Waals surface area contributed by atoms with Gasteiger partial charge in [0.15, 0.2) is 5.82 Å². The molecule has 1 N–H and O–H groups in total. The van der Waals surface area contributed by atoms with Crippen molar-refractivity contribution in [3.8, 4) is 0 Å². The molecule has 0 unspecified atom stereocenters. The number of carbonyl (C=O) groups is 1. The number of anilines is 1. The van der Waals surface area contributed by atoms with Crippen LogP contribution in [0, 0.1) is 5.82 Å². The summed E-state index contributed by atoms with van der Waals surface area (Å²) in [6, 6.07) is 4.25. The van der Waals surface area contributed by atoms with Crippen LogP contribution in [0.5, 0.6) is 0 Å². The third kappa shape index (κ3) is 3.16. The molecule has 0 spiro atoms. The summed E-state index contributed by atoms with van der Waals surface area (Å²) in [5, 5.41) is 2.55. The van der Waals surface area contributed by atoms with Crippen molar-refractivity contribution in [2.75, 3.05) is 25.6 Å². The van der Waals surface area contributed by atoms with Crippen molar-refractivity contribution in [3.05, 3.63) is 29.0 Å².